The van der Waals surface area contributed by atoms with E-state index in [0.717, 1.165) is 5.56 Å². The second-order valence-corrected chi connectivity index (χ2v) is 4.92. The lowest BCUT2D eigenvalue weighted by molar-refractivity contribution is 0.0508. The first kappa shape index (κ1) is 13.5. The maximum Gasteiger partial charge on any atom is 0.408 e. The average Bonchev–Trinajstić information content (AvgIpc) is 2.15. The summed E-state index contributed by atoms with van der Waals surface area (Å²) in [5.41, 5.74) is 0.310. The van der Waals surface area contributed by atoms with Gasteiger partial charge < -0.3 is 10.1 Å². The lowest BCUT2D eigenvalue weighted by Gasteiger charge is -2.22. The third-order valence-electron chi connectivity index (χ3n) is 2.10. The number of amides is 1. The highest BCUT2D eigenvalue weighted by molar-refractivity contribution is 5.68. The number of nitrogens with one attached hydrogen (secondary N) is 1. The third-order valence-corrected chi connectivity index (χ3v) is 2.10. The quantitative estimate of drug-likeness (QED) is 0.858. The zero-order chi connectivity index (χ0) is 13.1. The van der Waals surface area contributed by atoms with Crippen molar-refractivity contribution < 1.29 is 13.9 Å². The van der Waals surface area contributed by atoms with Gasteiger partial charge in [-0.1, -0.05) is 12.1 Å². The minimum Gasteiger partial charge on any atom is -0.444 e. The van der Waals surface area contributed by atoms with Gasteiger partial charge in [0.05, 0.1) is 6.04 Å². The van der Waals surface area contributed by atoms with Crippen LogP contribution in [0.25, 0.3) is 0 Å². The Hall–Kier alpha value is -1.58. The molecule has 0 saturated carbocycles. The van der Waals surface area contributed by atoms with Crippen LogP contribution >= 0.6 is 0 Å². The predicted octanol–water partition coefficient (Wildman–Crippen LogP) is 3.41. The van der Waals surface area contributed by atoms with Gasteiger partial charge in [0.25, 0.3) is 0 Å². The van der Waals surface area contributed by atoms with Gasteiger partial charge in [0.15, 0.2) is 0 Å². The molecule has 0 saturated heterocycles. The van der Waals surface area contributed by atoms with Crippen molar-refractivity contribution >= 4 is 6.09 Å². The molecule has 94 valence electrons. The molecule has 0 aromatic heterocycles. The molecule has 0 fully saturated rings. The van der Waals surface area contributed by atoms with Crippen molar-refractivity contribution in [3.05, 3.63) is 35.6 Å². The lowest BCUT2D eigenvalue weighted by atomic mass is 10.1. The maximum atomic E-state index is 12.7. The Balaban J connectivity index is 2.57. The number of halogens is 1. The molecule has 1 rings (SSSR count). The molecule has 0 bridgehead atoms. The molecule has 0 aliphatic heterocycles. The lowest BCUT2D eigenvalue weighted by Crippen LogP contribution is -2.34. The van der Waals surface area contributed by atoms with Crippen molar-refractivity contribution in [1.29, 1.82) is 0 Å². The minimum atomic E-state index is -0.521. The van der Waals surface area contributed by atoms with Crippen LogP contribution in [-0.2, 0) is 4.74 Å². The van der Waals surface area contributed by atoms with Gasteiger partial charge in [0.2, 0.25) is 0 Å². The molecule has 1 N–H and O–H groups in total. The van der Waals surface area contributed by atoms with Crippen molar-refractivity contribution in [1.82, 2.24) is 5.32 Å². The van der Waals surface area contributed by atoms with E-state index in [1.807, 2.05) is 6.92 Å². The first-order chi connectivity index (χ1) is 7.78. The summed E-state index contributed by atoms with van der Waals surface area (Å²) in [6.07, 6.45) is -0.477. The van der Waals surface area contributed by atoms with Gasteiger partial charge in [-0.3, -0.25) is 0 Å². The Bertz CT molecular complexity index is 381. The summed E-state index contributed by atoms with van der Waals surface area (Å²) in [6, 6.07) is 5.78. The smallest absolute Gasteiger partial charge is 0.408 e. The van der Waals surface area contributed by atoms with Gasteiger partial charge in [-0.05, 0) is 45.4 Å². The van der Waals surface area contributed by atoms with Gasteiger partial charge >= 0.3 is 6.09 Å². The topological polar surface area (TPSA) is 38.3 Å². The number of rotatable bonds is 2. The number of hydrogen-bond acceptors (Lipinski definition) is 2. The monoisotopic (exact) mass is 239 g/mol. The van der Waals surface area contributed by atoms with Crippen molar-refractivity contribution in [2.75, 3.05) is 0 Å². The van der Waals surface area contributed by atoms with Gasteiger partial charge in [0.1, 0.15) is 11.4 Å². The van der Waals surface area contributed by atoms with Crippen LogP contribution in [0.4, 0.5) is 9.18 Å². The molecule has 1 amide bonds. The molecule has 1 aromatic carbocycles. The molecule has 4 heteroatoms. The first-order valence-corrected chi connectivity index (χ1v) is 5.53. The van der Waals surface area contributed by atoms with Crippen molar-refractivity contribution in [3.8, 4) is 0 Å². The van der Waals surface area contributed by atoms with E-state index in [9.17, 15) is 9.18 Å². The Morgan fingerprint density at radius 1 is 1.29 bits per heavy atom. The number of carbonyl (C=O) groups is 1. The summed E-state index contributed by atoms with van der Waals surface area (Å²) < 4.78 is 17.9. The molecule has 1 unspecified atom stereocenters. The van der Waals surface area contributed by atoms with Crippen LogP contribution in [-0.4, -0.2) is 11.7 Å². The summed E-state index contributed by atoms with van der Waals surface area (Å²) >= 11 is 0. The fourth-order valence-electron chi connectivity index (χ4n) is 1.32. The molecule has 0 aliphatic carbocycles. The molecule has 0 spiro atoms. The summed E-state index contributed by atoms with van der Waals surface area (Å²) in [7, 11) is 0. The van der Waals surface area contributed by atoms with Gasteiger partial charge in [-0.25, -0.2) is 9.18 Å². The number of alkyl carbamates (subject to hydrolysis) is 1. The second-order valence-electron chi connectivity index (χ2n) is 4.92. The zero-order valence-corrected chi connectivity index (χ0v) is 10.6. The molecule has 0 radical (unpaired) electrons. The highest BCUT2D eigenvalue weighted by Crippen LogP contribution is 2.14. The fraction of sp³-hybridized carbons (Fsp3) is 0.462. The first-order valence-electron chi connectivity index (χ1n) is 5.53. The van der Waals surface area contributed by atoms with E-state index < -0.39 is 11.7 Å². The highest BCUT2D eigenvalue weighted by atomic mass is 19.1. The Morgan fingerprint density at radius 3 is 2.29 bits per heavy atom. The summed E-state index contributed by atoms with van der Waals surface area (Å²) in [5.74, 6) is -0.293. The largest absolute Gasteiger partial charge is 0.444 e. The number of benzene rings is 1. The van der Waals surface area contributed by atoms with Crippen LogP contribution < -0.4 is 5.32 Å². The fourth-order valence-corrected chi connectivity index (χ4v) is 1.32. The van der Waals surface area contributed by atoms with E-state index in [4.69, 9.17) is 4.74 Å². The Labute approximate surface area is 101 Å². The van der Waals surface area contributed by atoms with E-state index in [0.29, 0.717) is 0 Å². The van der Waals surface area contributed by atoms with Crippen LogP contribution in [0.5, 0.6) is 0 Å². The van der Waals surface area contributed by atoms with Gasteiger partial charge in [-0.2, -0.15) is 0 Å². The zero-order valence-electron chi connectivity index (χ0n) is 10.6. The molecular weight excluding hydrogens is 221 g/mol. The standard InChI is InChI=1S/C13H18FNO2/c1-9(10-5-7-11(14)8-6-10)15-12(16)17-13(2,3)4/h5-9H,1-4H3,(H,15,16). The van der Waals surface area contributed by atoms with Crippen LogP contribution in [0.2, 0.25) is 0 Å². The number of hydrogen-bond donors (Lipinski definition) is 1. The van der Waals surface area contributed by atoms with Gasteiger partial charge in [0, 0.05) is 0 Å². The Morgan fingerprint density at radius 2 is 1.82 bits per heavy atom. The van der Waals surface area contributed by atoms with E-state index >= 15 is 0 Å². The van der Waals surface area contributed by atoms with E-state index in [-0.39, 0.29) is 11.9 Å². The molecule has 0 heterocycles. The van der Waals surface area contributed by atoms with E-state index in [1.54, 1.807) is 32.9 Å². The number of ether oxygens (including phenoxy) is 1. The van der Waals surface area contributed by atoms with Gasteiger partial charge in [-0.15, -0.1) is 0 Å². The van der Waals surface area contributed by atoms with Crippen molar-refractivity contribution in [2.45, 2.75) is 39.3 Å². The Kier molecular flexibility index (Phi) is 4.10. The minimum absolute atomic E-state index is 0.217. The van der Waals surface area contributed by atoms with Crippen LogP contribution in [0.3, 0.4) is 0 Å². The molecule has 1 aromatic rings. The molecular formula is C13H18FNO2. The predicted molar refractivity (Wildman–Crippen MR) is 64.2 cm³/mol. The molecule has 17 heavy (non-hydrogen) atoms. The third kappa shape index (κ3) is 4.85. The molecule has 0 aliphatic rings. The SMILES string of the molecule is CC(NC(=O)OC(C)(C)C)c1ccc(F)cc1. The van der Waals surface area contributed by atoms with Crippen molar-refractivity contribution in [2.24, 2.45) is 0 Å². The van der Waals surface area contributed by atoms with Crippen LogP contribution in [0, 0.1) is 5.82 Å². The molecule has 1 atom stereocenters. The second kappa shape index (κ2) is 5.17. The number of carbonyl (C=O) groups excluding carboxylic acids is 1. The summed E-state index contributed by atoms with van der Waals surface area (Å²) in [4.78, 5) is 11.5. The van der Waals surface area contributed by atoms with E-state index in [1.165, 1.54) is 12.1 Å². The molecule has 3 nitrogen and oxygen atoms in total. The summed E-state index contributed by atoms with van der Waals surface area (Å²) in [5, 5.41) is 2.69. The van der Waals surface area contributed by atoms with E-state index in [2.05, 4.69) is 5.32 Å². The summed E-state index contributed by atoms with van der Waals surface area (Å²) in [6.45, 7) is 7.22. The highest BCUT2D eigenvalue weighted by Gasteiger charge is 2.18. The van der Waals surface area contributed by atoms with Crippen LogP contribution in [0.15, 0.2) is 24.3 Å². The maximum absolute atomic E-state index is 12.7. The van der Waals surface area contributed by atoms with Crippen LogP contribution in [0.1, 0.15) is 39.3 Å². The average molecular weight is 239 g/mol. The van der Waals surface area contributed by atoms with Crippen molar-refractivity contribution in [3.63, 3.8) is 0 Å². The normalized spacial score (nSPS) is 13.0.